The topological polar surface area (TPSA) is 104 Å². The van der Waals surface area contributed by atoms with Crippen LogP contribution in [-0.4, -0.2) is 34.4 Å². The number of carbonyl (C=O) groups is 2. The largest absolute Gasteiger partial charge is 0.507 e. The van der Waals surface area contributed by atoms with Crippen LogP contribution in [0.2, 0.25) is 0 Å². The Balaban J connectivity index is 3.41. The second-order valence-corrected chi connectivity index (χ2v) is 3.48. The molecule has 0 saturated carbocycles. The van der Waals surface area contributed by atoms with Crippen LogP contribution < -0.4 is 4.74 Å². The highest BCUT2D eigenvalue weighted by atomic mass is 16.5. The van der Waals surface area contributed by atoms with E-state index >= 15 is 0 Å². The summed E-state index contributed by atoms with van der Waals surface area (Å²) >= 11 is 0. The molecule has 92 valence electrons. The standard InChI is InChI=1S/C11H12O6/c1-5(10(13)14)6-3-7(11(15)16)8(12)4-9(6)17-2/h3-5,12H,1-2H3,(H,13,14)(H,15,16). The summed E-state index contributed by atoms with van der Waals surface area (Å²) < 4.78 is 4.92. The third-order valence-corrected chi connectivity index (χ3v) is 2.42. The number of phenols is 1. The first-order valence-electron chi connectivity index (χ1n) is 4.75. The molecular weight excluding hydrogens is 228 g/mol. The normalized spacial score (nSPS) is 11.9. The lowest BCUT2D eigenvalue weighted by Crippen LogP contribution is -2.10. The zero-order valence-electron chi connectivity index (χ0n) is 9.30. The van der Waals surface area contributed by atoms with E-state index in [9.17, 15) is 14.7 Å². The van der Waals surface area contributed by atoms with Crippen molar-refractivity contribution in [2.75, 3.05) is 7.11 Å². The molecule has 0 aromatic heterocycles. The molecule has 0 spiro atoms. The van der Waals surface area contributed by atoms with E-state index in [1.165, 1.54) is 14.0 Å². The Kier molecular flexibility index (Phi) is 3.57. The van der Waals surface area contributed by atoms with Gasteiger partial charge in [0.25, 0.3) is 0 Å². The molecule has 1 atom stereocenters. The van der Waals surface area contributed by atoms with Gasteiger partial charge in [-0.1, -0.05) is 0 Å². The van der Waals surface area contributed by atoms with E-state index in [0.717, 1.165) is 12.1 Å². The molecular formula is C11H12O6. The van der Waals surface area contributed by atoms with Gasteiger partial charge in [0.15, 0.2) is 0 Å². The van der Waals surface area contributed by atoms with Crippen LogP contribution in [0.3, 0.4) is 0 Å². The van der Waals surface area contributed by atoms with Gasteiger partial charge in [0.1, 0.15) is 17.1 Å². The van der Waals surface area contributed by atoms with Crippen molar-refractivity contribution < 1.29 is 29.6 Å². The lowest BCUT2D eigenvalue weighted by molar-refractivity contribution is -0.138. The van der Waals surface area contributed by atoms with Gasteiger partial charge >= 0.3 is 11.9 Å². The summed E-state index contributed by atoms with van der Waals surface area (Å²) in [6.07, 6.45) is 0. The zero-order valence-corrected chi connectivity index (χ0v) is 9.30. The van der Waals surface area contributed by atoms with E-state index in [0.29, 0.717) is 0 Å². The van der Waals surface area contributed by atoms with Gasteiger partial charge in [-0.05, 0) is 13.0 Å². The number of aromatic hydroxyl groups is 1. The maximum absolute atomic E-state index is 10.9. The Morgan fingerprint density at radius 1 is 1.29 bits per heavy atom. The summed E-state index contributed by atoms with van der Waals surface area (Å²) in [6, 6.07) is 2.20. The summed E-state index contributed by atoms with van der Waals surface area (Å²) in [5.41, 5.74) is -0.149. The molecule has 6 nitrogen and oxygen atoms in total. The van der Waals surface area contributed by atoms with Crippen molar-refractivity contribution in [3.8, 4) is 11.5 Å². The van der Waals surface area contributed by atoms with Crippen molar-refractivity contribution in [1.82, 2.24) is 0 Å². The van der Waals surface area contributed by atoms with Crippen molar-refractivity contribution in [2.24, 2.45) is 0 Å². The van der Waals surface area contributed by atoms with Gasteiger partial charge in [-0.3, -0.25) is 4.79 Å². The molecule has 0 aliphatic carbocycles. The Morgan fingerprint density at radius 2 is 1.88 bits per heavy atom. The molecule has 0 radical (unpaired) electrons. The fourth-order valence-corrected chi connectivity index (χ4v) is 1.41. The summed E-state index contributed by atoms with van der Waals surface area (Å²) in [4.78, 5) is 21.7. The average molecular weight is 240 g/mol. The Labute approximate surface area is 97.1 Å². The molecule has 1 rings (SSSR count). The van der Waals surface area contributed by atoms with Gasteiger partial charge in [0.2, 0.25) is 0 Å². The molecule has 17 heavy (non-hydrogen) atoms. The van der Waals surface area contributed by atoms with E-state index in [4.69, 9.17) is 14.9 Å². The van der Waals surface area contributed by atoms with E-state index in [1.54, 1.807) is 0 Å². The minimum absolute atomic E-state index is 0.141. The van der Waals surface area contributed by atoms with Gasteiger partial charge in [-0.25, -0.2) is 4.79 Å². The minimum atomic E-state index is -1.33. The summed E-state index contributed by atoms with van der Waals surface area (Å²) in [7, 11) is 1.31. The van der Waals surface area contributed by atoms with Crippen LogP contribution in [0.5, 0.6) is 11.5 Å². The molecule has 1 aromatic rings. The predicted octanol–water partition coefficient (Wildman–Crippen LogP) is 1.29. The summed E-state index contributed by atoms with van der Waals surface area (Å²) in [5, 5.41) is 27.1. The monoisotopic (exact) mass is 240 g/mol. The molecule has 3 N–H and O–H groups in total. The second kappa shape index (κ2) is 4.73. The molecule has 1 unspecified atom stereocenters. The fourth-order valence-electron chi connectivity index (χ4n) is 1.41. The van der Waals surface area contributed by atoms with Crippen molar-refractivity contribution in [2.45, 2.75) is 12.8 Å². The number of carboxylic acid groups (broad SMARTS) is 2. The van der Waals surface area contributed by atoms with E-state index < -0.39 is 23.6 Å². The first-order valence-corrected chi connectivity index (χ1v) is 4.75. The highest BCUT2D eigenvalue weighted by Crippen LogP contribution is 2.33. The van der Waals surface area contributed by atoms with Gasteiger partial charge in [-0.2, -0.15) is 0 Å². The summed E-state index contributed by atoms with van der Waals surface area (Å²) in [5.74, 6) is -3.68. The molecule has 0 bridgehead atoms. The number of carboxylic acids is 2. The number of hydrogen-bond acceptors (Lipinski definition) is 4. The number of rotatable bonds is 4. The van der Waals surface area contributed by atoms with E-state index in [1.807, 2.05) is 0 Å². The van der Waals surface area contributed by atoms with Crippen molar-refractivity contribution in [3.05, 3.63) is 23.3 Å². The number of aliphatic carboxylic acids is 1. The molecule has 1 aromatic carbocycles. The Morgan fingerprint density at radius 3 is 2.29 bits per heavy atom. The Hall–Kier alpha value is -2.24. The van der Waals surface area contributed by atoms with Gasteiger partial charge in [-0.15, -0.1) is 0 Å². The molecule has 0 fully saturated rings. The highest BCUT2D eigenvalue weighted by Gasteiger charge is 2.22. The van der Waals surface area contributed by atoms with Crippen LogP contribution in [0.4, 0.5) is 0 Å². The lowest BCUT2D eigenvalue weighted by atomic mass is 9.97. The number of methoxy groups -OCH3 is 1. The van der Waals surface area contributed by atoms with Crippen molar-refractivity contribution in [1.29, 1.82) is 0 Å². The number of ether oxygens (including phenoxy) is 1. The third-order valence-electron chi connectivity index (χ3n) is 2.42. The van der Waals surface area contributed by atoms with Crippen LogP contribution in [0, 0.1) is 0 Å². The minimum Gasteiger partial charge on any atom is -0.507 e. The highest BCUT2D eigenvalue weighted by molar-refractivity contribution is 5.92. The maximum Gasteiger partial charge on any atom is 0.339 e. The smallest absolute Gasteiger partial charge is 0.339 e. The second-order valence-electron chi connectivity index (χ2n) is 3.48. The summed E-state index contributed by atoms with van der Waals surface area (Å²) in [6.45, 7) is 1.41. The van der Waals surface area contributed by atoms with Crippen molar-refractivity contribution >= 4 is 11.9 Å². The molecule has 0 saturated heterocycles. The molecule has 6 heteroatoms. The van der Waals surface area contributed by atoms with Crippen LogP contribution in [0.25, 0.3) is 0 Å². The first-order chi connectivity index (χ1) is 7.88. The molecule has 0 aliphatic heterocycles. The van der Waals surface area contributed by atoms with Crippen molar-refractivity contribution in [3.63, 3.8) is 0 Å². The molecule has 0 aliphatic rings. The van der Waals surface area contributed by atoms with Crippen LogP contribution in [0.1, 0.15) is 28.8 Å². The van der Waals surface area contributed by atoms with Crippen LogP contribution in [0.15, 0.2) is 12.1 Å². The van der Waals surface area contributed by atoms with Crippen LogP contribution in [-0.2, 0) is 4.79 Å². The number of benzene rings is 1. The lowest BCUT2D eigenvalue weighted by Gasteiger charge is -2.13. The maximum atomic E-state index is 10.9. The quantitative estimate of drug-likeness (QED) is 0.732. The molecule has 0 heterocycles. The Bertz CT molecular complexity index is 465. The predicted molar refractivity (Wildman–Crippen MR) is 57.7 cm³/mol. The van der Waals surface area contributed by atoms with Gasteiger partial charge in [0, 0.05) is 11.6 Å². The molecule has 0 amide bonds. The first kappa shape index (κ1) is 12.8. The number of hydrogen-bond donors (Lipinski definition) is 3. The average Bonchev–Trinajstić information content (AvgIpc) is 2.26. The third kappa shape index (κ3) is 2.47. The van der Waals surface area contributed by atoms with Crippen LogP contribution >= 0.6 is 0 Å². The SMILES string of the molecule is COc1cc(O)c(C(=O)O)cc1C(C)C(=O)O. The van der Waals surface area contributed by atoms with E-state index in [-0.39, 0.29) is 16.9 Å². The van der Waals surface area contributed by atoms with Gasteiger partial charge < -0.3 is 20.1 Å². The van der Waals surface area contributed by atoms with Gasteiger partial charge in [0.05, 0.1) is 13.0 Å². The van der Waals surface area contributed by atoms with E-state index in [2.05, 4.69) is 0 Å². The zero-order chi connectivity index (χ0) is 13.2. The fraction of sp³-hybridized carbons (Fsp3) is 0.273. The number of aromatic carboxylic acids is 1.